The number of ether oxygens (including phenoxy) is 6. The third kappa shape index (κ3) is 7.68. The molecule has 11 nitrogen and oxygen atoms in total. The lowest BCUT2D eigenvalue weighted by Gasteiger charge is -2.43. The molecule has 0 spiro atoms. The Hall–Kier alpha value is -3.12. The van der Waals surface area contributed by atoms with Crippen LogP contribution in [0.1, 0.15) is 41.5 Å². The molecule has 2 rings (SSSR count). The molecule has 1 aliphatic rings. The zero-order valence-electron chi connectivity index (χ0n) is 22.7. The Bertz CT molecular complexity index is 1000. The van der Waals surface area contributed by atoms with Gasteiger partial charge in [-0.1, -0.05) is 32.9 Å². The van der Waals surface area contributed by atoms with Crippen LogP contribution in [0, 0.1) is 0 Å². The van der Waals surface area contributed by atoms with E-state index in [-0.39, 0.29) is 10.8 Å². The van der Waals surface area contributed by atoms with Crippen LogP contribution < -0.4 is 9.16 Å². The van der Waals surface area contributed by atoms with E-state index in [0.717, 1.165) is 27.9 Å². The van der Waals surface area contributed by atoms with Gasteiger partial charge in [-0.15, -0.1) is 0 Å². The number of benzene rings is 1. The topological polar surface area (TPSA) is 133 Å². The highest BCUT2D eigenvalue weighted by Gasteiger charge is 2.56. The van der Waals surface area contributed by atoms with Crippen molar-refractivity contribution in [1.29, 1.82) is 0 Å². The molecule has 37 heavy (non-hydrogen) atoms. The third-order valence-corrected chi connectivity index (χ3v) is 10.4. The van der Waals surface area contributed by atoms with Crippen molar-refractivity contribution in [3.05, 3.63) is 24.3 Å². The van der Waals surface area contributed by atoms with Gasteiger partial charge >= 0.3 is 23.9 Å². The Morgan fingerprint density at radius 1 is 0.811 bits per heavy atom. The molecule has 0 amide bonds. The van der Waals surface area contributed by atoms with Gasteiger partial charge in [-0.2, -0.15) is 0 Å². The highest BCUT2D eigenvalue weighted by molar-refractivity contribution is 6.74. The van der Waals surface area contributed by atoms with Crippen LogP contribution in [0.4, 0.5) is 0 Å². The summed E-state index contributed by atoms with van der Waals surface area (Å²) in [5.41, 5.74) is 0. The zero-order valence-corrected chi connectivity index (χ0v) is 23.7. The van der Waals surface area contributed by atoms with Crippen LogP contribution >= 0.6 is 0 Å². The van der Waals surface area contributed by atoms with E-state index in [4.69, 9.17) is 32.8 Å². The number of rotatable bonds is 8. The molecule has 0 radical (unpaired) electrons. The van der Waals surface area contributed by atoms with Crippen LogP contribution in [-0.4, -0.2) is 70.0 Å². The number of carbonyl (C=O) groups excluding carboxylic acids is 4. The van der Waals surface area contributed by atoms with Crippen molar-refractivity contribution in [2.45, 2.75) is 90.4 Å². The van der Waals surface area contributed by atoms with E-state index in [2.05, 4.69) is 33.9 Å². The van der Waals surface area contributed by atoms with Gasteiger partial charge in [-0.05, 0) is 30.3 Å². The Kier molecular flexibility index (Phi) is 9.72. The number of methoxy groups -OCH3 is 1. The Morgan fingerprint density at radius 2 is 1.30 bits per heavy atom. The molecule has 12 heteroatoms. The molecular formula is C25H36O11Si. The number of hydrogen-bond donors (Lipinski definition) is 0. The average molecular weight is 541 g/mol. The predicted octanol–water partition coefficient (Wildman–Crippen LogP) is 3.14. The second-order valence-corrected chi connectivity index (χ2v) is 14.8. The number of esters is 4. The summed E-state index contributed by atoms with van der Waals surface area (Å²) in [7, 11) is -1.18. The molecule has 0 aliphatic carbocycles. The molecule has 0 bridgehead atoms. The van der Waals surface area contributed by atoms with E-state index in [0.29, 0.717) is 5.75 Å². The fourth-order valence-corrected chi connectivity index (χ4v) is 4.38. The summed E-state index contributed by atoms with van der Waals surface area (Å²) in [6.45, 7) is 13.8. The maximum Gasteiger partial charge on any atom is 0.339 e. The fourth-order valence-electron chi connectivity index (χ4n) is 3.36. The summed E-state index contributed by atoms with van der Waals surface area (Å²) >= 11 is 0. The highest BCUT2D eigenvalue weighted by atomic mass is 28.4. The summed E-state index contributed by atoms with van der Waals surface area (Å²) in [5, 5.41) is -0.116. The first-order valence-electron chi connectivity index (χ1n) is 11.8. The van der Waals surface area contributed by atoms with E-state index in [1.165, 1.54) is 0 Å². The predicted molar refractivity (Wildman–Crippen MR) is 132 cm³/mol. The van der Waals surface area contributed by atoms with E-state index in [1.54, 1.807) is 24.3 Å². The largest absolute Gasteiger partial charge is 0.541 e. The van der Waals surface area contributed by atoms with E-state index >= 15 is 0 Å². The number of para-hydroxylation sites is 2. The van der Waals surface area contributed by atoms with Crippen LogP contribution in [0.3, 0.4) is 0 Å². The second kappa shape index (κ2) is 11.9. The van der Waals surface area contributed by atoms with Gasteiger partial charge < -0.3 is 32.8 Å². The lowest BCUT2D eigenvalue weighted by atomic mass is 9.97. The van der Waals surface area contributed by atoms with Gasteiger partial charge in [0.2, 0.25) is 12.4 Å². The average Bonchev–Trinajstić information content (AvgIpc) is 2.76. The Balaban J connectivity index is 2.56. The van der Waals surface area contributed by atoms with Gasteiger partial charge in [-0.3, -0.25) is 14.4 Å². The van der Waals surface area contributed by atoms with Gasteiger partial charge in [-0.25, -0.2) is 4.79 Å². The first-order valence-corrected chi connectivity index (χ1v) is 14.7. The monoisotopic (exact) mass is 540 g/mol. The zero-order chi connectivity index (χ0) is 28.1. The molecule has 0 N–H and O–H groups in total. The van der Waals surface area contributed by atoms with Crippen molar-refractivity contribution in [3.63, 3.8) is 0 Å². The molecule has 206 valence electrons. The lowest BCUT2D eigenvalue weighted by molar-refractivity contribution is -0.282. The van der Waals surface area contributed by atoms with Crippen LogP contribution in [0.25, 0.3) is 0 Å². The number of hydrogen-bond acceptors (Lipinski definition) is 11. The molecule has 0 aromatic heterocycles. The molecular weight excluding hydrogens is 504 g/mol. The van der Waals surface area contributed by atoms with Crippen molar-refractivity contribution in [1.82, 2.24) is 0 Å². The van der Waals surface area contributed by atoms with Crippen LogP contribution in [0.15, 0.2) is 24.3 Å². The molecule has 1 saturated heterocycles. The molecule has 1 aromatic carbocycles. The van der Waals surface area contributed by atoms with E-state index in [9.17, 15) is 19.2 Å². The molecule has 1 heterocycles. The van der Waals surface area contributed by atoms with Crippen molar-refractivity contribution in [3.8, 4) is 11.5 Å². The summed E-state index contributed by atoms with van der Waals surface area (Å²) in [4.78, 5) is 48.4. The fraction of sp³-hybridized carbons (Fsp3) is 0.600. The van der Waals surface area contributed by atoms with E-state index in [1.807, 2.05) is 0 Å². The van der Waals surface area contributed by atoms with Crippen molar-refractivity contribution in [2.75, 3.05) is 7.11 Å². The summed E-state index contributed by atoms with van der Waals surface area (Å²) < 4.78 is 39.3. The molecule has 1 aromatic rings. The summed E-state index contributed by atoms with van der Waals surface area (Å²) in [6.07, 6.45) is -7.34. The first kappa shape index (κ1) is 30.1. The molecule has 1 aliphatic heterocycles. The van der Waals surface area contributed by atoms with Gasteiger partial charge in [0.15, 0.2) is 24.1 Å². The van der Waals surface area contributed by atoms with Crippen LogP contribution in [-0.2, 0) is 42.9 Å². The minimum atomic E-state index is -2.30. The van der Waals surface area contributed by atoms with Gasteiger partial charge in [0.05, 0.1) is 7.11 Å². The molecule has 0 saturated carbocycles. The Morgan fingerprint density at radius 3 is 1.78 bits per heavy atom. The minimum Gasteiger partial charge on any atom is -0.541 e. The lowest BCUT2D eigenvalue weighted by Crippen LogP contribution is -2.64. The van der Waals surface area contributed by atoms with Gasteiger partial charge in [0.25, 0.3) is 8.32 Å². The summed E-state index contributed by atoms with van der Waals surface area (Å²) in [6, 6.07) is 6.84. The number of carbonyl (C=O) groups is 4. The normalized spacial score (nSPS) is 23.9. The second-order valence-electron chi connectivity index (χ2n) is 10.1. The van der Waals surface area contributed by atoms with E-state index < -0.39 is 62.9 Å². The molecule has 0 unspecified atom stereocenters. The van der Waals surface area contributed by atoms with Gasteiger partial charge in [0.1, 0.15) is 5.75 Å². The SMILES string of the molecule is COC(=O)[C@H]1O[C@@H](Oc2ccccc2O[Si](C)(C)C(C)(C)C)[C@H](OC(C)=O)[C@@H](OC(C)=O)[C@@H]1OC(C)=O. The first-order chi connectivity index (χ1) is 17.1. The minimum absolute atomic E-state index is 0.116. The smallest absolute Gasteiger partial charge is 0.339 e. The maximum absolute atomic E-state index is 12.6. The highest BCUT2D eigenvalue weighted by Crippen LogP contribution is 2.41. The van der Waals surface area contributed by atoms with Crippen molar-refractivity contribution >= 4 is 32.2 Å². The quantitative estimate of drug-likeness (QED) is 0.273. The Labute approximate surface area is 217 Å². The third-order valence-electron chi connectivity index (χ3n) is 6.10. The standard InChI is InChI=1S/C25H36O11Si/c1-14(26)31-19-20(32-15(2)27)22(33-16(3)28)24(35-21(19)23(29)30-7)34-17-12-10-11-13-18(17)36-37(8,9)25(4,5)6/h10-13,19-22,24H,1-9H3/t19-,20-,21-,22+,24+/m0/s1. The van der Waals surface area contributed by atoms with Crippen LogP contribution in [0.5, 0.6) is 11.5 Å². The summed E-state index contributed by atoms with van der Waals surface area (Å²) in [5.74, 6) is -2.56. The van der Waals surface area contributed by atoms with Crippen LogP contribution in [0.2, 0.25) is 18.1 Å². The molecule has 1 fully saturated rings. The van der Waals surface area contributed by atoms with Crippen molar-refractivity contribution < 1.29 is 52.0 Å². The van der Waals surface area contributed by atoms with Crippen molar-refractivity contribution in [2.24, 2.45) is 0 Å². The molecule has 5 atom stereocenters. The maximum atomic E-state index is 12.6. The van der Waals surface area contributed by atoms with Gasteiger partial charge in [0, 0.05) is 20.8 Å².